The molecule has 0 amide bonds. The van der Waals surface area contributed by atoms with Crippen LogP contribution in [0, 0.1) is 32.7 Å². The van der Waals surface area contributed by atoms with Gasteiger partial charge in [-0.15, -0.1) is 17.7 Å². The SMILES string of the molecule is [2H]C([2H])([2H])c1c[c-]c(-c2cc[c]([Ge]([CH3])([CH3])[CH3])cn2)cc1.[2H]C([2H])([2H])c1ccc2c(c1)oc1c(-c3nc4ccncc4n3C)[c-]cc(C([2H])([2H])[2H])c12.[Ir]. The van der Waals surface area contributed by atoms with Crippen LogP contribution in [0.1, 0.15) is 29.0 Å². The van der Waals surface area contributed by atoms with Crippen molar-refractivity contribution >= 4 is 50.6 Å². The fourth-order valence-electron chi connectivity index (χ4n) is 4.83. The average molecular weight is 813 g/mol. The molecule has 7 aromatic rings. The monoisotopic (exact) mass is 814 g/mol. The second-order valence-corrected chi connectivity index (χ2v) is 21.8. The van der Waals surface area contributed by atoms with Crippen molar-refractivity contribution in [2.45, 2.75) is 37.8 Å². The number of nitrogens with zero attached hydrogens (tertiary/aromatic N) is 4. The van der Waals surface area contributed by atoms with Crippen molar-refractivity contribution in [1.82, 2.24) is 19.5 Å². The van der Waals surface area contributed by atoms with E-state index in [4.69, 9.17) is 16.8 Å². The van der Waals surface area contributed by atoms with Crippen LogP contribution in [0.4, 0.5) is 0 Å². The van der Waals surface area contributed by atoms with Gasteiger partial charge in [0.15, 0.2) is 0 Å². The molecule has 7 heteroatoms. The van der Waals surface area contributed by atoms with Gasteiger partial charge in [-0.05, 0) is 24.5 Å². The van der Waals surface area contributed by atoms with Gasteiger partial charge in [-0.3, -0.25) is 9.97 Å². The third kappa shape index (κ3) is 6.10. The number of furan rings is 1. The van der Waals surface area contributed by atoms with Gasteiger partial charge in [-0.2, -0.15) is 0 Å². The van der Waals surface area contributed by atoms with Crippen LogP contribution < -0.4 is 4.40 Å². The summed E-state index contributed by atoms with van der Waals surface area (Å²) in [5.41, 5.74) is 4.81. The van der Waals surface area contributed by atoms with Crippen molar-refractivity contribution in [3.63, 3.8) is 0 Å². The zero-order chi connectivity index (χ0) is 37.1. The molecule has 0 aliphatic heterocycles. The van der Waals surface area contributed by atoms with E-state index in [0.29, 0.717) is 38.9 Å². The molecule has 0 unspecified atom stereocenters. The maximum atomic E-state index is 7.97. The predicted octanol–water partition coefficient (Wildman–Crippen LogP) is 8.35. The van der Waals surface area contributed by atoms with Crippen molar-refractivity contribution < 1.29 is 36.9 Å². The topological polar surface area (TPSA) is 56.7 Å². The summed E-state index contributed by atoms with van der Waals surface area (Å²) in [4.78, 5) is 13.3. The number of hydrogen-bond donors (Lipinski definition) is 0. The molecule has 1 radical (unpaired) electrons. The van der Waals surface area contributed by atoms with Crippen LogP contribution in [0.2, 0.25) is 17.3 Å². The van der Waals surface area contributed by atoms with Crippen LogP contribution in [0.3, 0.4) is 0 Å². The molecule has 0 aliphatic carbocycles. The van der Waals surface area contributed by atoms with Crippen LogP contribution in [0.5, 0.6) is 0 Å². The Morgan fingerprint density at radius 1 is 0.907 bits per heavy atom. The second-order valence-electron chi connectivity index (χ2n) is 11.1. The molecule has 7 rings (SSSR count). The second kappa shape index (κ2) is 12.2. The number of aryl methyl sites for hydroxylation is 4. The summed E-state index contributed by atoms with van der Waals surface area (Å²) in [5.74, 6) is 7.52. The summed E-state index contributed by atoms with van der Waals surface area (Å²) in [6.07, 6.45) is 5.29. The van der Waals surface area contributed by atoms with E-state index in [2.05, 4.69) is 50.4 Å². The number of imidazole rings is 1. The first-order valence-corrected chi connectivity index (χ1v) is 20.8. The predicted molar refractivity (Wildman–Crippen MR) is 176 cm³/mol. The molecule has 0 saturated heterocycles. The first kappa shape index (κ1) is 21.2. The smallest absolute Gasteiger partial charge is 0.121 e. The fourth-order valence-corrected chi connectivity index (χ4v) is 7.00. The average Bonchev–Trinajstić information content (AvgIpc) is 3.61. The van der Waals surface area contributed by atoms with E-state index >= 15 is 0 Å². The summed E-state index contributed by atoms with van der Waals surface area (Å²) in [7, 11) is 1.83. The minimum Gasteiger partial charge on any atom is -0.501 e. The molecule has 5 nitrogen and oxygen atoms in total. The molecular weight excluding hydrogens is 769 g/mol. The zero-order valence-corrected chi connectivity index (χ0v) is 28.5. The molecule has 3 aromatic carbocycles. The third-order valence-corrected chi connectivity index (χ3v) is 11.4. The normalized spacial score (nSPS) is 15.4. The first-order chi connectivity index (χ1) is 23.7. The van der Waals surface area contributed by atoms with E-state index in [1.807, 2.05) is 23.9 Å². The van der Waals surface area contributed by atoms with Gasteiger partial charge in [-0.1, -0.05) is 29.9 Å². The van der Waals surface area contributed by atoms with E-state index in [-0.39, 0.29) is 31.2 Å². The number of benzene rings is 3. The summed E-state index contributed by atoms with van der Waals surface area (Å²) in [5, 5.41) is 0.941. The van der Waals surface area contributed by atoms with Gasteiger partial charge in [0.1, 0.15) is 5.58 Å². The van der Waals surface area contributed by atoms with Crippen molar-refractivity contribution in [2.24, 2.45) is 7.05 Å². The van der Waals surface area contributed by atoms with Gasteiger partial charge in [0.25, 0.3) is 0 Å². The summed E-state index contributed by atoms with van der Waals surface area (Å²) in [6, 6.07) is 22.8. The standard InChI is InChI=1S/C21H16N3O.C15H18GeN.Ir/c1-12-4-6-14-18(10-12)25-20-15(7-5-13(2)19(14)20)21-23-16-8-9-22-11-17(16)24(21)3;1-12-5-7-13(8-6-12)15-10-9-14(11-17-15)16(2,3)4;/h4-6,8-11H,1-3H3;5-7,9-11H,1-4H3;/q2*-1;/i1D3,2D3;1D3;. The van der Waals surface area contributed by atoms with Gasteiger partial charge in [0.2, 0.25) is 0 Å². The fraction of sp³-hybridized carbons (Fsp3) is 0.194. The Hall–Kier alpha value is -3.58. The van der Waals surface area contributed by atoms with Crippen molar-refractivity contribution in [3.05, 3.63) is 108 Å². The van der Waals surface area contributed by atoms with Crippen molar-refractivity contribution in [1.29, 1.82) is 0 Å². The van der Waals surface area contributed by atoms with E-state index in [1.54, 1.807) is 36.7 Å². The molecule has 219 valence electrons. The number of aromatic nitrogens is 4. The maximum absolute atomic E-state index is 7.97. The van der Waals surface area contributed by atoms with E-state index < -0.39 is 33.8 Å². The van der Waals surface area contributed by atoms with Gasteiger partial charge in [-0.25, -0.2) is 0 Å². The summed E-state index contributed by atoms with van der Waals surface area (Å²) >= 11 is -1.83. The molecule has 0 bridgehead atoms. The minimum absolute atomic E-state index is 0. The van der Waals surface area contributed by atoms with E-state index in [9.17, 15) is 0 Å². The molecule has 4 heterocycles. The molecule has 0 spiro atoms. The third-order valence-electron chi connectivity index (χ3n) is 7.17. The van der Waals surface area contributed by atoms with Crippen molar-refractivity contribution in [2.75, 3.05) is 0 Å². The maximum Gasteiger partial charge on any atom is 0.121 e. The zero-order valence-electron chi connectivity index (χ0n) is 33.0. The molecule has 43 heavy (non-hydrogen) atoms. The van der Waals surface area contributed by atoms with Gasteiger partial charge >= 0.3 is 110 Å². The molecule has 0 saturated carbocycles. The number of pyridine rings is 2. The van der Waals surface area contributed by atoms with E-state index in [0.717, 1.165) is 22.3 Å². The summed E-state index contributed by atoms with van der Waals surface area (Å²) in [6.45, 7) is -6.78. The van der Waals surface area contributed by atoms with Gasteiger partial charge < -0.3 is 8.98 Å². The molecule has 0 fully saturated rings. The van der Waals surface area contributed by atoms with Crippen LogP contribution in [-0.2, 0) is 27.2 Å². The largest absolute Gasteiger partial charge is 0.501 e. The molecule has 0 N–H and O–H groups in total. The molecule has 4 aromatic heterocycles. The first-order valence-electron chi connectivity index (χ1n) is 17.9. The molecule has 0 atom stereocenters. The number of fused-ring (bicyclic) bond motifs is 4. The summed E-state index contributed by atoms with van der Waals surface area (Å²) < 4.78 is 78.2. The van der Waals surface area contributed by atoms with Crippen LogP contribution in [0.15, 0.2) is 83.7 Å². The Labute approximate surface area is 281 Å². The molecular formula is C36H34GeIrN4O-2. The van der Waals surface area contributed by atoms with Gasteiger partial charge in [0, 0.05) is 47.0 Å². The minimum atomic E-state index is -2.40. The van der Waals surface area contributed by atoms with Crippen LogP contribution in [-0.4, -0.2) is 32.8 Å². The van der Waals surface area contributed by atoms with Crippen LogP contribution in [0.25, 0.3) is 55.6 Å². The van der Waals surface area contributed by atoms with Crippen LogP contribution >= 0.6 is 0 Å². The number of hydrogen-bond acceptors (Lipinski definition) is 4. The number of rotatable bonds is 3. The Balaban J connectivity index is 0.000000217. The van der Waals surface area contributed by atoms with Crippen molar-refractivity contribution in [3.8, 4) is 22.6 Å². The quantitative estimate of drug-likeness (QED) is 0.133. The Bertz CT molecular complexity index is 2320. The Morgan fingerprint density at radius 3 is 2.42 bits per heavy atom. The molecule has 0 aliphatic rings. The Morgan fingerprint density at radius 2 is 1.74 bits per heavy atom. The Kier molecular flexibility index (Phi) is 6.01. The van der Waals surface area contributed by atoms with Gasteiger partial charge in [0.05, 0.1) is 28.6 Å². The van der Waals surface area contributed by atoms with E-state index in [1.165, 1.54) is 28.7 Å².